The monoisotopic (exact) mass is 336 g/mol. The summed E-state index contributed by atoms with van der Waals surface area (Å²) in [4.78, 5) is 25.1. The fourth-order valence-electron chi connectivity index (χ4n) is 2.00. The summed E-state index contributed by atoms with van der Waals surface area (Å²) in [5.74, 6) is 0. The van der Waals surface area contributed by atoms with Crippen molar-refractivity contribution in [3.63, 3.8) is 0 Å². The minimum Gasteiger partial charge on any atom is -0.394 e. The Morgan fingerprint density at radius 1 is 1.58 bits per heavy atom. The number of ether oxygens (including phenoxy) is 2. The largest absolute Gasteiger partial charge is 0.394 e. The number of hydrogen-bond acceptors (Lipinski definition) is 6. The summed E-state index contributed by atoms with van der Waals surface area (Å²) in [7, 11) is 1.36. The van der Waals surface area contributed by atoms with E-state index in [1.54, 1.807) is 0 Å². The third-order valence-corrected chi connectivity index (χ3v) is 3.53. The zero-order valence-corrected chi connectivity index (χ0v) is 11.5. The molecule has 1 aromatic heterocycles. The first kappa shape index (κ1) is 14.4. The van der Waals surface area contributed by atoms with Crippen LogP contribution in [-0.4, -0.2) is 51.8 Å². The maximum atomic E-state index is 11.7. The second kappa shape index (κ2) is 5.55. The van der Waals surface area contributed by atoms with E-state index >= 15 is 0 Å². The Bertz CT molecular complexity index is 570. The molecule has 8 nitrogen and oxygen atoms in total. The van der Waals surface area contributed by atoms with Crippen LogP contribution in [0, 0.1) is 0 Å². The van der Waals surface area contributed by atoms with E-state index in [4.69, 9.17) is 14.6 Å². The van der Waals surface area contributed by atoms with Gasteiger partial charge in [0.25, 0.3) is 5.56 Å². The number of methoxy groups -OCH3 is 1. The highest BCUT2D eigenvalue weighted by Gasteiger charge is 2.45. The highest BCUT2D eigenvalue weighted by molar-refractivity contribution is 9.10. The van der Waals surface area contributed by atoms with E-state index in [0.29, 0.717) is 0 Å². The SMILES string of the molecule is COC1C(O)[C@H](CO)O[C@@H]1n1cc(Br)c(=O)[nH]c1=O. The summed E-state index contributed by atoms with van der Waals surface area (Å²) in [5, 5.41) is 19.0. The summed E-state index contributed by atoms with van der Waals surface area (Å²) >= 11 is 3.00. The standard InChI is InChI=1S/C10H13BrN2O6/c1-18-7-6(15)5(3-14)19-9(7)13-2-4(11)8(16)12-10(13)17/h2,5-7,9,14-15H,3H2,1H3,(H,12,16,17)/t5-,6?,7?,9-/m0/s1. The number of aromatic nitrogens is 2. The molecule has 1 aliphatic heterocycles. The van der Waals surface area contributed by atoms with Gasteiger partial charge in [-0.1, -0.05) is 0 Å². The molecule has 1 saturated heterocycles. The number of nitrogens with one attached hydrogen (secondary N) is 1. The zero-order chi connectivity index (χ0) is 14.2. The Morgan fingerprint density at radius 2 is 2.26 bits per heavy atom. The first-order valence-corrected chi connectivity index (χ1v) is 6.27. The summed E-state index contributed by atoms with van der Waals surface area (Å²) in [6, 6.07) is 0. The highest BCUT2D eigenvalue weighted by Crippen LogP contribution is 2.30. The second-order valence-corrected chi connectivity index (χ2v) is 4.94. The van der Waals surface area contributed by atoms with Gasteiger partial charge in [-0.15, -0.1) is 0 Å². The third-order valence-electron chi connectivity index (χ3n) is 2.96. The Hall–Kier alpha value is -1.00. The van der Waals surface area contributed by atoms with Crippen LogP contribution in [0.25, 0.3) is 0 Å². The molecule has 19 heavy (non-hydrogen) atoms. The average molecular weight is 337 g/mol. The van der Waals surface area contributed by atoms with Gasteiger partial charge in [-0.3, -0.25) is 14.3 Å². The number of halogens is 1. The molecule has 2 heterocycles. The highest BCUT2D eigenvalue weighted by atomic mass is 79.9. The predicted octanol–water partition coefficient (Wildman–Crippen LogP) is -1.44. The summed E-state index contributed by atoms with van der Waals surface area (Å²) in [6.45, 7) is -0.406. The van der Waals surface area contributed by atoms with Crippen molar-refractivity contribution < 1.29 is 19.7 Å². The summed E-state index contributed by atoms with van der Waals surface area (Å²) in [6.07, 6.45) is -2.43. The third kappa shape index (κ3) is 2.51. The van der Waals surface area contributed by atoms with Crippen molar-refractivity contribution in [2.45, 2.75) is 24.5 Å². The number of aromatic amines is 1. The summed E-state index contributed by atoms with van der Waals surface area (Å²) in [5.41, 5.74) is -1.25. The lowest BCUT2D eigenvalue weighted by Gasteiger charge is -2.20. The van der Waals surface area contributed by atoms with Gasteiger partial charge in [0, 0.05) is 13.3 Å². The van der Waals surface area contributed by atoms with Gasteiger partial charge in [0.05, 0.1) is 11.1 Å². The van der Waals surface area contributed by atoms with Gasteiger partial charge in [-0.05, 0) is 15.9 Å². The van der Waals surface area contributed by atoms with E-state index in [-0.39, 0.29) is 4.47 Å². The van der Waals surface area contributed by atoms with Crippen LogP contribution in [0.4, 0.5) is 0 Å². The van der Waals surface area contributed by atoms with E-state index in [1.165, 1.54) is 13.3 Å². The normalized spacial score (nSPS) is 30.7. The van der Waals surface area contributed by atoms with E-state index in [0.717, 1.165) is 4.57 Å². The minimum atomic E-state index is -1.07. The Kier molecular flexibility index (Phi) is 4.21. The molecule has 0 saturated carbocycles. The molecule has 0 aromatic carbocycles. The van der Waals surface area contributed by atoms with Crippen molar-refractivity contribution in [3.8, 4) is 0 Å². The fourth-order valence-corrected chi connectivity index (χ4v) is 2.32. The van der Waals surface area contributed by atoms with E-state index in [2.05, 4.69) is 20.9 Å². The topological polar surface area (TPSA) is 114 Å². The quantitative estimate of drug-likeness (QED) is 0.623. The first-order valence-electron chi connectivity index (χ1n) is 5.47. The molecule has 0 radical (unpaired) electrons. The van der Waals surface area contributed by atoms with Gasteiger partial charge in [0.1, 0.15) is 18.3 Å². The Morgan fingerprint density at radius 3 is 2.84 bits per heavy atom. The molecule has 3 N–H and O–H groups in total. The van der Waals surface area contributed by atoms with Crippen LogP contribution in [0.15, 0.2) is 20.3 Å². The van der Waals surface area contributed by atoms with Crippen molar-refractivity contribution >= 4 is 15.9 Å². The molecular formula is C10H13BrN2O6. The van der Waals surface area contributed by atoms with Crippen molar-refractivity contribution in [3.05, 3.63) is 31.5 Å². The molecule has 0 amide bonds. The van der Waals surface area contributed by atoms with Crippen LogP contribution < -0.4 is 11.2 Å². The van der Waals surface area contributed by atoms with Crippen molar-refractivity contribution in [2.24, 2.45) is 0 Å². The molecule has 0 spiro atoms. The van der Waals surface area contributed by atoms with E-state index in [1.807, 2.05) is 0 Å². The molecule has 1 aromatic rings. The van der Waals surface area contributed by atoms with Crippen LogP contribution in [0.3, 0.4) is 0 Å². The lowest BCUT2D eigenvalue weighted by Crippen LogP contribution is -2.39. The van der Waals surface area contributed by atoms with Gasteiger partial charge in [-0.2, -0.15) is 0 Å². The summed E-state index contributed by atoms with van der Waals surface area (Å²) < 4.78 is 11.7. The first-order chi connectivity index (χ1) is 8.99. The van der Waals surface area contributed by atoms with Gasteiger partial charge in [-0.25, -0.2) is 4.79 Å². The van der Waals surface area contributed by atoms with E-state index < -0.39 is 42.4 Å². The second-order valence-electron chi connectivity index (χ2n) is 4.08. The Labute approximate surface area is 115 Å². The molecule has 1 fully saturated rings. The number of hydrogen-bond donors (Lipinski definition) is 3. The van der Waals surface area contributed by atoms with Crippen LogP contribution >= 0.6 is 15.9 Å². The van der Waals surface area contributed by atoms with Gasteiger partial charge in [0.15, 0.2) is 6.23 Å². The van der Waals surface area contributed by atoms with Crippen LogP contribution in [-0.2, 0) is 9.47 Å². The predicted molar refractivity (Wildman–Crippen MR) is 66.8 cm³/mol. The molecule has 1 aliphatic rings. The number of nitrogens with zero attached hydrogens (tertiary/aromatic N) is 1. The molecule has 106 valence electrons. The van der Waals surface area contributed by atoms with Crippen molar-refractivity contribution in [1.29, 1.82) is 0 Å². The smallest absolute Gasteiger partial charge is 0.330 e. The van der Waals surface area contributed by atoms with Crippen LogP contribution in [0.2, 0.25) is 0 Å². The maximum absolute atomic E-state index is 11.7. The van der Waals surface area contributed by atoms with Crippen molar-refractivity contribution in [2.75, 3.05) is 13.7 Å². The van der Waals surface area contributed by atoms with Gasteiger partial charge in [0.2, 0.25) is 0 Å². The maximum Gasteiger partial charge on any atom is 0.330 e. The lowest BCUT2D eigenvalue weighted by atomic mass is 10.1. The molecular weight excluding hydrogens is 324 g/mol. The van der Waals surface area contributed by atoms with Gasteiger partial charge >= 0.3 is 5.69 Å². The number of aliphatic hydroxyl groups excluding tert-OH is 2. The zero-order valence-electron chi connectivity index (χ0n) is 9.95. The lowest BCUT2D eigenvalue weighted by molar-refractivity contribution is -0.0626. The van der Waals surface area contributed by atoms with Gasteiger partial charge < -0.3 is 19.7 Å². The average Bonchev–Trinajstić information content (AvgIpc) is 2.70. The van der Waals surface area contributed by atoms with E-state index in [9.17, 15) is 14.7 Å². The molecule has 4 atom stereocenters. The number of rotatable bonds is 3. The minimum absolute atomic E-state index is 0.146. The van der Waals surface area contributed by atoms with Crippen molar-refractivity contribution in [1.82, 2.24) is 9.55 Å². The van der Waals surface area contributed by atoms with Crippen LogP contribution in [0.5, 0.6) is 0 Å². The fraction of sp³-hybridized carbons (Fsp3) is 0.600. The molecule has 9 heteroatoms. The molecule has 2 unspecified atom stereocenters. The molecule has 2 rings (SSSR count). The number of aliphatic hydroxyl groups is 2. The molecule has 0 aliphatic carbocycles. The molecule has 0 bridgehead atoms. The number of H-pyrrole nitrogens is 1. The Balaban J connectivity index is 2.44. The van der Waals surface area contributed by atoms with Crippen LogP contribution in [0.1, 0.15) is 6.23 Å².